The number of amides is 2. The molecule has 0 unspecified atom stereocenters. The standard InChI is InChI=1S/C14H14ClN5O2S/c15-11-4-2-1-3-10(11)13(22)18-17-12(21)7-23-14-19-16-8-20(14)9-5-6-9/h1-4,8-9H,5-7H2,(H,17,21)(H,18,22). The molecule has 2 amide bonds. The Balaban J connectivity index is 1.47. The molecule has 2 N–H and O–H groups in total. The van der Waals surface area contributed by atoms with E-state index in [1.807, 2.05) is 4.57 Å². The van der Waals surface area contributed by atoms with E-state index in [0.29, 0.717) is 21.8 Å². The highest BCUT2D eigenvalue weighted by molar-refractivity contribution is 7.99. The van der Waals surface area contributed by atoms with Crippen molar-refractivity contribution in [2.45, 2.75) is 24.0 Å². The minimum Gasteiger partial charge on any atom is -0.306 e. The zero-order valence-electron chi connectivity index (χ0n) is 12.0. The number of nitrogens with one attached hydrogen (secondary N) is 2. The number of benzene rings is 1. The van der Waals surface area contributed by atoms with Crippen LogP contribution in [0.3, 0.4) is 0 Å². The van der Waals surface area contributed by atoms with Gasteiger partial charge in [0.1, 0.15) is 6.33 Å². The zero-order valence-corrected chi connectivity index (χ0v) is 13.6. The van der Waals surface area contributed by atoms with E-state index in [4.69, 9.17) is 11.6 Å². The molecule has 1 fully saturated rings. The molecular formula is C14H14ClN5O2S. The molecule has 1 saturated carbocycles. The molecule has 1 heterocycles. The van der Waals surface area contributed by atoms with Crippen LogP contribution in [0.1, 0.15) is 29.2 Å². The Morgan fingerprint density at radius 2 is 2.09 bits per heavy atom. The van der Waals surface area contributed by atoms with Gasteiger partial charge in [0.2, 0.25) is 5.91 Å². The first-order chi connectivity index (χ1) is 11.1. The smallest absolute Gasteiger partial charge is 0.271 e. The van der Waals surface area contributed by atoms with Gasteiger partial charge in [-0.05, 0) is 25.0 Å². The number of carbonyl (C=O) groups excluding carboxylic acids is 2. The molecule has 0 aliphatic heterocycles. The van der Waals surface area contributed by atoms with Crippen LogP contribution in [0, 0.1) is 0 Å². The lowest BCUT2D eigenvalue weighted by atomic mass is 10.2. The van der Waals surface area contributed by atoms with Gasteiger partial charge in [0, 0.05) is 6.04 Å². The van der Waals surface area contributed by atoms with Crippen molar-refractivity contribution in [2.75, 3.05) is 5.75 Å². The number of hydrogen-bond donors (Lipinski definition) is 2. The molecule has 0 atom stereocenters. The molecule has 0 bridgehead atoms. The van der Waals surface area contributed by atoms with Crippen LogP contribution in [0.4, 0.5) is 0 Å². The van der Waals surface area contributed by atoms with Gasteiger partial charge >= 0.3 is 0 Å². The first-order valence-electron chi connectivity index (χ1n) is 7.01. The predicted molar refractivity (Wildman–Crippen MR) is 86.1 cm³/mol. The topological polar surface area (TPSA) is 88.9 Å². The van der Waals surface area contributed by atoms with E-state index in [0.717, 1.165) is 12.8 Å². The van der Waals surface area contributed by atoms with Crippen molar-refractivity contribution < 1.29 is 9.59 Å². The molecule has 1 aromatic heterocycles. The third-order valence-electron chi connectivity index (χ3n) is 3.25. The van der Waals surface area contributed by atoms with Crippen molar-refractivity contribution in [3.8, 4) is 0 Å². The van der Waals surface area contributed by atoms with Crippen LogP contribution >= 0.6 is 23.4 Å². The Labute approximate surface area is 141 Å². The van der Waals surface area contributed by atoms with Crippen molar-refractivity contribution in [1.29, 1.82) is 0 Å². The number of aromatic nitrogens is 3. The van der Waals surface area contributed by atoms with Crippen molar-refractivity contribution >= 4 is 35.2 Å². The molecule has 3 rings (SSSR count). The van der Waals surface area contributed by atoms with Crippen LogP contribution in [0.2, 0.25) is 5.02 Å². The van der Waals surface area contributed by atoms with Gasteiger partial charge in [-0.2, -0.15) is 0 Å². The van der Waals surface area contributed by atoms with E-state index in [-0.39, 0.29) is 11.7 Å². The van der Waals surface area contributed by atoms with Crippen molar-refractivity contribution in [3.05, 3.63) is 41.2 Å². The molecule has 1 aliphatic carbocycles. The lowest BCUT2D eigenvalue weighted by molar-refractivity contribution is -0.119. The molecule has 120 valence electrons. The van der Waals surface area contributed by atoms with Gasteiger partial charge in [0.05, 0.1) is 16.3 Å². The third kappa shape index (κ3) is 4.02. The average molecular weight is 352 g/mol. The maximum atomic E-state index is 11.9. The first kappa shape index (κ1) is 15.8. The van der Waals surface area contributed by atoms with Crippen LogP contribution in [0.25, 0.3) is 0 Å². The summed E-state index contributed by atoms with van der Waals surface area (Å²) >= 11 is 7.20. The molecule has 23 heavy (non-hydrogen) atoms. The van der Waals surface area contributed by atoms with Gasteiger partial charge in [-0.3, -0.25) is 20.4 Å². The average Bonchev–Trinajstić information content (AvgIpc) is 3.29. The second-order valence-electron chi connectivity index (χ2n) is 5.02. The van der Waals surface area contributed by atoms with Crippen LogP contribution < -0.4 is 10.9 Å². The van der Waals surface area contributed by atoms with Crippen molar-refractivity contribution in [1.82, 2.24) is 25.6 Å². The molecule has 1 aromatic carbocycles. The Bertz CT molecular complexity index is 731. The maximum absolute atomic E-state index is 11.9. The SMILES string of the molecule is O=C(CSc1nncn1C1CC1)NNC(=O)c1ccccc1Cl. The minimum atomic E-state index is -0.463. The predicted octanol–water partition coefficient (Wildman–Crippen LogP) is 1.82. The van der Waals surface area contributed by atoms with Gasteiger partial charge in [0.25, 0.3) is 5.91 Å². The van der Waals surface area contributed by atoms with E-state index in [1.165, 1.54) is 11.8 Å². The van der Waals surface area contributed by atoms with E-state index < -0.39 is 5.91 Å². The fourth-order valence-electron chi connectivity index (χ4n) is 1.94. The van der Waals surface area contributed by atoms with Crippen LogP contribution in [-0.4, -0.2) is 32.3 Å². The lowest BCUT2D eigenvalue weighted by Gasteiger charge is -2.08. The lowest BCUT2D eigenvalue weighted by Crippen LogP contribution is -2.42. The van der Waals surface area contributed by atoms with Crippen molar-refractivity contribution in [2.24, 2.45) is 0 Å². The molecule has 9 heteroatoms. The Kier molecular flexibility index (Phi) is 4.82. The van der Waals surface area contributed by atoms with E-state index in [2.05, 4.69) is 21.0 Å². The number of rotatable bonds is 5. The molecule has 2 aromatic rings. The first-order valence-corrected chi connectivity index (χ1v) is 8.37. The molecular weight excluding hydrogens is 338 g/mol. The highest BCUT2D eigenvalue weighted by atomic mass is 35.5. The summed E-state index contributed by atoms with van der Waals surface area (Å²) in [6.45, 7) is 0. The monoisotopic (exact) mass is 351 g/mol. The van der Waals surface area contributed by atoms with Gasteiger partial charge < -0.3 is 4.57 Å². The third-order valence-corrected chi connectivity index (χ3v) is 4.53. The van der Waals surface area contributed by atoms with E-state index >= 15 is 0 Å². The quantitative estimate of drug-likeness (QED) is 0.633. The largest absolute Gasteiger partial charge is 0.306 e. The minimum absolute atomic E-state index is 0.133. The maximum Gasteiger partial charge on any atom is 0.271 e. The van der Waals surface area contributed by atoms with Crippen LogP contribution in [-0.2, 0) is 4.79 Å². The summed E-state index contributed by atoms with van der Waals surface area (Å²) in [5, 5.41) is 8.89. The van der Waals surface area contributed by atoms with Gasteiger partial charge in [0.15, 0.2) is 5.16 Å². The van der Waals surface area contributed by atoms with Gasteiger partial charge in [-0.1, -0.05) is 35.5 Å². The van der Waals surface area contributed by atoms with Crippen molar-refractivity contribution in [3.63, 3.8) is 0 Å². The van der Waals surface area contributed by atoms with Gasteiger partial charge in [-0.25, -0.2) is 0 Å². The molecule has 0 radical (unpaired) electrons. The normalized spacial score (nSPS) is 13.6. The number of hydrazine groups is 1. The Morgan fingerprint density at radius 3 is 2.83 bits per heavy atom. The summed E-state index contributed by atoms with van der Waals surface area (Å²) in [6.07, 6.45) is 3.91. The highest BCUT2D eigenvalue weighted by Gasteiger charge is 2.26. The summed E-state index contributed by atoms with van der Waals surface area (Å²) in [5.41, 5.74) is 5.00. The molecule has 7 nitrogen and oxygen atoms in total. The Hall–Kier alpha value is -2.06. The van der Waals surface area contributed by atoms with E-state index in [1.54, 1.807) is 30.6 Å². The fraction of sp³-hybridized carbons (Fsp3) is 0.286. The Morgan fingerprint density at radius 1 is 1.30 bits per heavy atom. The summed E-state index contributed by atoms with van der Waals surface area (Å²) in [4.78, 5) is 23.7. The number of halogens is 1. The van der Waals surface area contributed by atoms with E-state index in [9.17, 15) is 9.59 Å². The number of hydrogen-bond acceptors (Lipinski definition) is 5. The second-order valence-corrected chi connectivity index (χ2v) is 6.37. The van der Waals surface area contributed by atoms with Crippen LogP contribution in [0.15, 0.2) is 35.7 Å². The second kappa shape index (κ2) is 7.01. The molecule has 1 aliphatic rings. The zero-order chi connectivity index (χ0) is 16.2. The number of nitrogens with zero attached hydrogens (tertiary/aromatic N) is 3. The number of thioether (sulfide) groups is 1. The highest BCUT2D eigenvalue weighted by Crippen LogP contribution is 2.37. The van der Waals surface area contributed by atoms with Crippen LogP contribution in [0.5, 0.6) is 0 Å². The van der Waals surface area contributed by atoms with Gasteiger partial charge in [-0.15, -0.1) is 10.2 Å². The summed E-state index contributed by atoms with van der Waals surface area (Å²) in [7, 11) is 0. The number of carbonyl (C=O) groups is 2. The molecule has 0 saturated heterocycles. The molecule has 0 spiro atoms. The summed E-state index contributed by atoms with van der Waals surface area (Å²) in [5.74, 6) is -0.662. The summed E-state index contributed by atoms with van der Waals surface area (Å²) in [6, 6.07) is 7.07. The summed E-state index contributed by atoms with van der Waals surface area (Å²) < 4.78 is 1.97. The fourth-order valence-corrected chi connectivity index (χ4v) is 2.95.